The number of aliphatic imine (C=N–C) groups is 1. The maximum Gasteiger partial charge on any atom is 0.259 e. The Labute approximate surface area is 199 Å². The molecular formula is C26H25FN4OS. The minimum absolute atomic E-state index is 0.0754. The van der Waals surface area contributed by atoms with Gasteiger partial charge in [0.25, 0.3) is 5.91 Å². The molecule has 0 unspecified atom stereocenters. The highest BCUT2D eigenvalue weighted by molar-refractivity contribution is 7.81. The van der Waals surface area contributed by atoms with Gasteiger partial charge in [-0.3, -0.25) is 14.7 Å². The van der Waals surface area contributed by atoms with E-state index in [1.165, 1.54) is 35.2 Å². The highest BCUT2D eigenvalue weighted by Crippen LogP contribution is 2.39. The highest BCUT2D eigenvalue weighted by Gasteiger charge is 2.50. The molecule has 168 valence electrons. The molecule has 0 aromatic heterocycles. The van der Waals surface area contributed by atoms with Crippen LogP contribution in [0.3, 0.4) is 0 Å². The lowest BCUT2D eigenvalue weighted by molar-refractivity contribution is -0.120. The van der Waals surface area contributed by atoms with Crippen LogP contribution in [-0.2, 0) is 11.2 Å². The van der Waals surface area contributed by atoms with Gasteiger partial charge < -0.3 is 4.90 Å². The van der Waals surface area contributed by atoms with E-state index in [1.807, 2.05) is 30.5 Å². The highest BCUT2D eigenvalue weighted by atomic mass is 32.1. The number of aryl methyl sites for hydroxylation is 1. The molecule has 0 bridgehead atoms. The summed E-state index contributed by atoms with van der Waals surface area (Å²) >= 11 is 5.66. The Hall–Kier alpha value is -3.37. The molecule has 2 aliphatic rings. The van der Waals surface area contributed by atoms with Gasteiger partial charge in [0.2, 0.25) is 0 Å². The van der Waals surface area contributed by atoms with Crippen molar-refractivity contribution >= 4 is 46.0 Å². The predicted octanol–water partition coefficient (Wildman–Crippen LogP) is 6.28. The Bertz CT molecular complexity index is 1220. The van der Waals surface area contributed by atoms with Crippen molar-refractivity contribution in [3.63, 3.8) is 0 Å². The SMILES string of the molecule is [C-]#[N+]c1ccc(N2C(=O)C(C)(C)N(c3ccc(CCCC4=NC=CC4)cc3)C2=S)c(F)c1C. The minimum atomic E-state index is -0.981. The monoisotopic (exact) mass is 460 g/mol. The summed E-state index contributed by atoms with van der Waals surface area (Å²) in [6, 6.07) is 11.0. The molecule has 2 aliphatic heterocycles. The summed E-state index contributed by atoms with van der Waals surface area (Å²) in [6.45, 7) is 12.3. The molecule has 0 aliphatic carbocycles. The fourth-order valence-electron chi connectivity index (χ4n) is 4.27. The van der Waals surface area contributed by atoms with Gasteiger partial charge in [-0.15, -0.1) is 0 Å². The predicted molar refractivity (Wildman–Crippen MR) is 135 cm³/mol. The van der Waals surface area contributed by atoms with Crippen molar-refractivity contribution in [2.75, 3.05) is 9.80 Å². The van der Waals surface area contributed by atoms with Gasteiger partial charge in [0.1, 0.15) is 11.4 Å². The Balaban J connectivity index is 1.56. The number of carbonyl (C=O) groups is 1. The standard InChI is InChI=1S/C26H25FN4OS/c1-17-21(28-4)14-15-22(23(17)27)30-24(32)26(2,3)31(25(30)33)20-12-10-18(11-13-20)7-5-8-19-9-6-16-29-19/h6,10-16H,5,7-9H2,1-3H3. The first-order chi connectivity index (χ1) is 15.8. The fourth-order valence-corrected chi connectivity index (χ4v) is 4.78. The summed E-state index contributed by atoms with van der Waals surface area (Å²) in [5, 5.41) is 0.221. The van der Waals surface area contributed by atoms with Crippen LogP contribution in [0.15, 0.2) is 53.7 Å². The summed E-state index contributed by atoms with van der Waals surface area (Å²) in [5.74, 6) is -0.911. The van der Waals surface area contributed by atoms with Crippen LogP contribution >= 0.6 is 12.2 Å². The van der Waals surface area contributed by atoms with Crippen molar-refractivity contribution in [2.45, 2.75) is 52.0 Å². The quantitative estimate of drug-likeness (QED) is 0.376. The summed E-state index contributed by atoms with van der Waals surface area (Å²) in [7, 11) is 0. The van der Waals surface area contributed by atoms with Gasteiger partial charge in [0, 0.05) is 24.0 Å². The number of hydrogen-bond acceptors (Lipinski definition) is 3. The van der Waals surface area contributed by atoms with Crippen LogP contribution in [0.25, 0.3) is 4.85 Å². The van der Waals surface area contributed by atoms with Crippen LogP contribution in [0.2, 0.25) is 0 Å². The zero-order valence-corrected chi connectivity index (χ0v) is 19.7. The van der Waals surface area contributed by atoms with Gasteiger partial charge in [0.15, 0.2) is 10.8 Å². The van der Waals surface area contributed by atoms with Crippen LogP contribution in [0.4, 0.5) is 21.5 Å². The number of allylic oxidation sites excluding steroid dienone is 1. The van der Waals surface area contributed by atoms with Gasteiger partial charge in [-0.2, -0.15) is 0 Å². The first-order valence-electron chi connectivity index (χ1n) is 10.9. The molecule has 0 saturated carbocycles. The maximum absolute atomic E-state index is 15.1. The molecule has 2 heterocycles. The lowest BCUT2D eigenvalue weighted by Crippen LogP contribution is -2.44. The third-order valence-corrected chi connectivity index (χ3v) is 6.57. The molecule has 0 radical (unpaired) electrons. The number of rotatable bonds is 6. The summed E-state index contributed by atoms with van der Waals surface area (Å²) in [4.78, 5) is 24.0. The maximum atomic E-state index is 15.1. The number of amides is 1. The molecule has 0 spiro atoms. The van der Waals surface area contributed by atoms with Crippen LogP contribution in [0.5, 0.6) is 0 Å². The third kappa shape index (κ3) is 4.07. The first-order valence-corrected chi connectivity index (χ1v) is 11.3. The number of hydrogen-bond donors (Lipinski definition) is 0. The molecule has 7 heteroatoms. The zero-order valence-electron chi connectivity index (χ0n) is 18.9. The number of benzene rings is 2. The second kappa shape index (κ2) is 8.87. The second-order valence-electron chi connectivity index (χ2n) is 8.78. The smallest absolute Gasteiger partial charge is 0.259 e. The van der Waals surface area contributed by atoms with E-state index in [4.69, 9.17) is 18.8 Å². The molecule has 5 nitrogen and oxygen atoms in total. The molecule has 33 heavy (non-hydrogen) atoms. The molecule has 0 atom stereocenters. The van der Waals surface area contributed by atoms with Crippen molar-refractivity contribution in [2.24, 2.45) is 4.99 Å². The van der Waals surface area contributed by atoms with Gasteiger partial charge in [-0.1, -0.05) is 24.3 Å². The largest absolute Gasteiger partial charge is 0.304 e. The summed E-state index contributed by atoms with van der Waals surface area (Å²) in [6.07, 6.45) is 7.84. The number of thiocarbonyl (C=S) groups is 1. The van der Waals surface area contributed by atoms with Gasteiger partial charge in [-0.05, 0) is 81.6 Å². The Morgan fingerprint density at radius 1 is 1.18 bits per heavy atom. The van der Waals surface area contributed by atoms with Crippen molar-refractivity contribution in [3.05, 3.63) is 77.0 Å². The number of carbonyl (C=O) groups excluding carboxylic acids is 1. The topological polar surface area (TPSA) is 40.3 Å². The molecular weight excluding hydrogens is 435 g/mol. The van der Waals surface area contributed by atoms with Crippen molar-refractivity contribution in [3.8, 4) is 0 Å². The molecule has 1 fully saturated rings. The minimum Gasteiger partial charge on any atom is -0.304 e. The molecule has 2 aromatic rings. The van der Waals surface area contributed by atoms with E-state index in [-0.39, 0.29) is 28.0 Å². The average Bonchev–Trinajstić information content (AvgIpc) is 3.36. The van der Waals surface area contributed by atoms with E-state index in [9.17, 15) is 4.79 Å². The fraction of sp³-hybridized carbons (Fsp3) is 0.308. The molecule has 1 saturated heterocycles. The Kier molecular flexibility index (Phi) is 6.13. The van der Waals surface area contributed by atoms with Crippen molar-refractivity contribution in [1.82, 2.24) is 0 Å². The van der Waals surface area contributed by atoms with Gasteiger partial charge >= 0.3 is 0 Å². The van der Waals surface area contributed by atoms with E-state index in [2.05, 4.69) is 15.9 Å². The lowest BCUT2D eigenvalue weighted by atomic mass is 10.0. The third-order valence-electron chi connectivity index (χ3n) is 6.21. The molecule has 0 N–H and O–H groups in total. The van der Waals surface area contributed by atoms with Crippen LogP contribution in [-0.4, -0.2) is 22.3 Å². The molecule has 2 aromatic carbocycles. The number of halogens is 1. The van der Waals surface area contributed by atoms with Crippen molar-refractivity contribution in [1.29, 1.82) is 0 Å². The van der Waals surface area contributed by atoms with E-state index >= 15 is 4.39 Å². The Morgan fingerprint density at radius 3 is 2.55 bits per heavy atom. The molecule has 1 amide bonds. The van der Waals surface area contributed by atoms with E-state index < -0.39 is 11.4 Å². The van der Waals surface area contributed by atoms with Gasteiger partial charge in [-0.25, -0.2) is 9.24 Å². The van der Waals surface area contributed by atoms with Crippen LogP contribution in [0, 0.1) is 19.3 Å². The zero-order chi connectivity index (χ0) is 23.8. The summed E-state index contributed by atoms with van der Waals surface area (Å²) < 4.78 is 15.1. The van der Waals surface area contributed by atoms with E-state index in [0.29, 0.717) is 0 Å². The van der Waals surface area contributed by atoms with Crippen LogP contribution in [0.1, 0.15) is 44.2 Å². The average molecular weight is 461 g/mol. The number of nitrogens with zero attached hydrogens (tertiary/aromatic N) is 4. The first kappa shape index (κ1) is 22.8. The van der Waals surface area contributed by atoms with E-state index in [1.54, 1.807) is 18.7 Å². The van der Waals surface area contributed by atoms with E-state index in [0.717, 1.165) is 31.4 Å². The van der Waals surface area contributed by atoms with Crippen LogP contribution < -0.4 is 9.80 Å². The van der Waals surface area contributed by atoms with Gasteiger partial charge in [0.05, 0.1) is 12.3 Å². The number of anilines is 2. The summed E-state index contributed by atoms with van der Waals surface area (Å²) in [5.41, 5.74) is 2.73. The second-order valence-corrected chi connectivity index (χ2v) is 9.14. The molecule has 4 rings (SSSR count). The normalized spacial score (nSPS) is 17.0. The van der Waals surface area contributed by atoms with Crippen molar-refractivity contribution < 1.29 is 9.18 Å². The Morgan fingerprint density at radius 2 is 1.91 bits per heavy atom. The lowest BCUT2D eigenvalue weighted by Gasteiger charge is -2.29.